The molecule has 4 nitrogen and oxygen atoms in total. The van der Waals surface area contributed by atoms with Crippen LogP contribution in [0.1, 0.15) is 48.2 Å². The van der Waals surface area contributed by atoms with Crippen LogP contribution in [0.4, 0.5) is 0 Å². The van der Waals surface area contributed by atoms with E-state index in [9.17, 15) is 0 Å². The van der Waals surface area contributed by atoms with Gasteiger partial charge in [-0.1, -0.05) is 48.0 Å². The summed E-state index contributed by atoms with van der Waals surface area (Å²) in [5.41, 5.74) is 10.6. The van der Waals surface area contributed by atoms with Crippen LogP contribution in [0, 0.1) is 0 Å². The van der Waals surface area contributed by atoms with Crippen molar-refractivity contribution in [3.63, 3.8) is 0 Å². The Balaban J connectivity index is 1.51. The molecule has 0 radical (unpaired) electrons. The van der Waals surface area contributed by atoms with Gasteiger partial charge in [-0.25, -0.2) is 10.9 Å². The number of rotatable bonds is 4. The van der Waals surface area contributed by atoms with Crippen LogP contribution in [0.25, 0.3) is 0 Å². The maximum atomic E-state index is 6.03. The van der Waals surface area contributed by atoms with E-state index in [1.54, 1.807) is 0 Å². The maximum absolute atomic E-state index is 6.03. The van der Waals surface area contributed by atoms with Crippen LogP contribution in [-0.2, 0) is 4.74 Å². The van der Waals surface area contributed by atoms with E-state index in [0.717, 1.165) is 24.6 Å². The lowest BCUT2D eigenvalue weighted by molar-refractivity contribution is 0.0140. The molecule has 5 heteroatoms. The summed E-state index contributed by atoms with van der Waals surface area (Å²) < 4.78 is 5.84. The molecule has 2 aliphatic rings. The summed E-state index contributed by atoms with van der Waals surface area (Å²) in [4.78, 5) is 0. The van der Waals surface area contributed by atoms with Gasteiger partial charge in [-0.3, -0.25) is 5.32 Å². The summed E-state index contributed by atoms with van der Waals surface area (Å²) in [5, 5.41) is 4.37. The second-order valence-corrected chi connectivity index (χ2v) is 7.17. The SMILES string of the molecule is Clc1ccc(C2NNC(NCC3CCCCO3)c3ccccc32)cc1. The molecular formula is C20H24ClN3O. The van der Waals surface area contributed by atoms with E-state index in [4.69, 9.17) is 16.3 Å². The molecule has 1 saturated heterocycles. The van der Waals surface area contributed by atoms with Crippen molar-refractivity contribution in [3.8, 4) is 0 Å². The van der Waals surface area contributed by atoms with Gasteiger partial charge < -0.3 is 4.74 Å². The number of halogens is 1. The average molecular weight is 358 g/mol. The molecule has 3 unspecified atom stereocenters. The highest BCUT2D eigenvalue weighted by Crippen LogP contribution is 2.31. The number of nitrogens with one attached hydrogen (secondary N) is 3. The van der Waals surface area contributed by atoms with Gasteiger partial charge in [-0.05, 0) is 48.1 Å². The Kier molecular flexibility index (Phi) is 5.34. The molecule has 2 aliphatic heterocycles. The van der Waals surface area contributed by atoms with Gasteiger partial charge in [-0.15, -0.1) is 0 Å². The van der Waals surface area contributed by atoms with Crippen LogP contribution < -0.4 is 16.2 Å². The summed E-state index contributed by atoms with van der Waals surface area (Å²) in [6.45, 7) is 1.75. The minimum Gasteiger partial charge on any atom is -0.377 e. The van der Waals surface area contributed by atoms with Crippen LogP contribution >= 0.6 is 11.6 Å². The van der Waals surface area contributed by atoms with Crippen molar-refractivity contribution < 1.29 is 4.74 Å². The Labute approximate surface area is 153 Å². The Bertz CT molecular complexity index is 700. The van der Waals surface area contributed by atoms with Crippen molar-refractivity contribution in [1.29, 1.82) is 0 Å². The third-order valence-electron chi connectivity index (χ3n) is 5.02. The van der Waals surface area contributed by atoms with Gasteiger partial charge in [0.1, 0.15) is 0 Å². The van der Waals surface area contributed by atoms with E-state index >= 15 is 0 Å². The van der Waals surface area contributed by atoms with Crippen LogP contribution in [0.5, 0.6) is 0 Å². The van der Waals surface area contributed by atoms with Crippen LogP contribution in [0.15, 0.2) is 48.5 Å². The van der Waals surface area contributed by atoms with Gasteiger partial charge in [-0.2, -0.15) is 0 Å². The zero-order chi connectivity index (χ0) is 17.1. The van der Waals surface area contributed by atoms with E-state index in [0.29, 0.717) is 6.10 Å². The lowest BCUT2D eigenvalue weighted by atomic mass is 9.92. The number of hydrogen-bond donors (Lipinski definition) is 3. The quantitative estimate of drug-likeness (QED) is 0.780. The average Bonchev–Trinajstić information content (AvgIpc) is 2.68. The van der Waals surface area contributed by atoms with Gasteiger partial charge >= 0.3 is 0 Å². The van der Waals surface area contributed by atoms with Crippen molar-refractivity contribution in [2.24, 2.45) is 0 Å². The highest BCUT2D eigenvalue weighted by Gasteiger charge is 2.27. The molecule has 3 N–H and O–H groups in total. The summed E-state index contributed by atoms with van der Waals surface area (Å²) >= 11 is 6.03. The largest absolute Gasteiger partial charge is 0.377 e. The highest BCUT2D eigenvalue weighted by atomic mass is 35.5. The molecule has 0 aromatic heterocycles. The van der Waals surface area contributed by atoms with E-state index in [1.807, 2.05) is 12.1 Å². The molecule has 0 amide bonds. The first-order valence-electron chi connectivity index (χ1n) is 9.01. The summed E-state index contributed by atoms with van der Waals surface area (Å²) in [5.74, 6) is 0. The predicted octanol–water partition coefficient (Wildman–Crippen LogP) is 3.69. The topological polar surface area (TPSA) is 45.3 Å². The second-order valence-electron chi connectivity index (χ2n) is 6.73. The Hall–Kier alpha value is -1.43. The second kappa shape index (κ2) is 7.85. The number of hydrazine groups is 1. The van der Waals surface area contributed by atoms with Gasteiger partial charge in [0.05, 0.1) is 18.3 Å². The molecule has 1 fully saturated rings. The predicted molar refractivity (Wildman–Crippen MR) is 100 cm³/mol. The molecule has 0 saturated carbocycles. The molecule has 3 atom stereocenters. The lowest BCUT2D eigenvalue weighted by Gasteiger charge is -2.35. The van der Waals surface area contributed by atoms with Crippen molar-refractivity contribution in [1.82, 2.24) is 16.2 Å². The summed E-state index contributed by atoms with van der Waals surface area (Å²) in [6.07, 6.45) is 3.98. The Morgan fingerprint density at radius 2 is 1.80 bits per heavy atom. The van der Waals surface area contributed by atoms with Gasteiger partial charge in [0, 0.05) is 18.2 Å². The Morgan fingerprint density at radius 1 is 1.00 bits per heavy atom. The molecule has 2 aromatic rings. The first-order chi connectivity index (χ1) is 12.3. The van der Waals surface area contributed by atoms with Crippen molar-refractivity contribution in [3.05, 3.63) is 70.2 Å². The summed E-state index contributed by atoms with van der Waals surface area (Å²) in [6, 6.07) is 16.7. The fraction of sp³-hybridized carbons (Fsp3) is 0.400. The Morgan fingerprint density at radius 3 is 2.56 bits per heavy atom. The fourth-order valence-electron chi connectivity index (χ4n) is 3.66. The number of benzene rings is 2. The van der Waals surface area contributed by atoms with Crippen molar-refractivity contribution >= 4 is 11.6 Å². The fourth-order valence-corrected chi connectivity index (χ4v) is 3.78. The highest BCUT2D eigenvalue weighted by molar-refractivity contribution is 6.30. The van der Waals surface area contributed by atoms with E-state index in [1.165, 1.54) is 29.5 Å². The zero-order valence-corrected chi connectivity index (χ0v) is 14.9. The number of fused-ring (bicyclic) bond motifs is 1. The molecule has 4 rings (SSSR count). The molecule has 132 valence electrons. The minimum atomic E-state index is 0.0743. The number of ether oxygens (including phenoxy) is 1. The molecule has 0 bridgehead atoms. The van der Waals surface area contributed by atoms with Crippen LogP contribution in [-0.4, -0.2) is 19.3 Å². The first-order valence-corrected chi connectivity index (χ1v) is 9.39. The van der Waals surface area contributed by atoms with E-state index in [-0.39, 0.29) is 12.2 Å². The lowest BCUT2D eigenvalue weighted by Crippen LogP contribution is -2.50. The molecule has 0 aliphatic carbocycles. The smallest absolute Gasteiger partial charge is 0.0967 e. The van der Waals surface area contributed by atoms with Crippen molar-refractivity contribution in [2.45, 2.75) is 37.6 Å². The standard InChI is InChI=1S/C20H24ClN3O/c21-15-10-8-14(9-11-15)19-17-6-1-2-7-18(17)20(24-23-19)22-13-16-5-3-4-12-25-16/h1-2,6-11,16,19-20,22-24H,3-5,12-13H2. The minimum absolute atomic E-state index is 0.0743. The van der Waals surface area contributed by atoms with Gasteiger partial charge in [0.25, 0.3) is 0 Å². The zero-order valence-electron chi connectivity index (χ0n) is 14.2. The van der Waals surface area contributed by atoms with E-state index in [2.05, 4.69) is 52.6 Å². The molecular weight excluding hydrogens is 334 g/mol. The normalized spacial score (nSPS) is 26.2. The van der Waals surface area contributed by atoms with Crippen LogP contribution in [0.3, 0.4) is 0 Å². The molecule has 25 heavy (non-hydrogen) atoms. The molecule has 0 spiro atoms. The summed E-state index contributed by atoms with van der Waals surface area (Å²) in [7, 11) is 0. The monoisotopic (exact) mass is 357 g/mol. The van der Waals surface area contributed by atoms with E-state index < -0.39 is 0 Å². The third-order valence-corrected chi connectivity index (χ3v) is 5.27. The number of hydrogen-bond acceptors (Lipinski definition) is 4. The molecule has 2 aromatic carbocycles. The van der Waals surface area contributed by atoms with Crippen LogP contribution in [0.2, 0.25) is 5.02 Å². The van der Waals surface area contributed by atoms with Gasteiger partial charge in [0.2, 0.25) is 0 Å². The van der Waals surface area contributed by atoms with Gasteiger partial charge in [0.15, 0.2) is 0 Å². The third kappa shape index (κ3) is 3.89. The maximum Gasteiger partial charge on any atom is 0.0967 e. The first kappa shape index (κ1) is 17.0. The molecule has 2 heterocycles. The van der Waals surface area contributed by atoms with Crippen molar-refractivity contribution in [2.75, 3.05) is 13.2 Å².